The molecule has 3 heteroatoms. The van der Waals surface area contributed by atoms with Crippen LogP contribution in [-0.4, -0.2) is 0 Å². The summed E-state index contributed by atoms with van der Waals surface area (Å²) in [5.41, 5.74) is 3.98. The Hall–Kier alpha value is -0.877. The molecule has 2 aromatic carbocycles. The number of halogens is 2. The zero-order valence-electron chi connectivity index (χ0n) is 12.5. The summed E-state index contributed by atoms with van der Waals surface area (Å²) < 4.78 is 0. The fourth-order valence-electron chi connectivity index (χ4n) is 2.43. The number of hydrogen-bond acceptors (Lipinski definition) is 0. The van der Waals surface area contributed by atoms with E-state index in [1.807, 2.05) is 18.2 Å². The first-order chi connectivity index (χ1) is 9.95. The Balaban J connectivity index is 0.000000529. The van der Waals surface area contributed by atoms with Gasteiger partial charge in [0.25, 0.3) is 0 Å². The molecule has 4 rings (SSSR count). The molecule has 114 valence electrons. The van der Waals surface area contributed by atoms with Gasteiger partial charge in [0.15, 0.2) is 0 Å². The van der Waals surface area contributed by atoms with Crippen molar-refractivity contribution in [3.63, 3.8) is 0 Å². The van der Waals surface area contributed by atoms with Gasteiger partial charge < -0.3 is 24.8 Å². The normalized spacial score (nSPS) is 15.4. The van der Waals surface area contributed by atoms with Gasteiger partial charge in [-0.1, -0.05) is 60.0 Å². The van der Waals surface area contributed by atoms with E-state index in [1.165, 1.54) is 16.7 Å². The Morgan fingerprint density at radius 3 is 2.17 bits per heavy atom. The second-order valence-corrected chi connectivity index (χ2v) is 4.79. The predicted octanol–water partition coefficient (Wildman–Crippen LogP) is -1.04. The molecule has 2 aliphatic rings. The van der Waals surface area contributed by atoms with Crippen molar-refractivity contribution in [1.82, 2.24) is 0 Å². The second kappa shape index (κ2) is 11.6. The number of benzene rings is 2. The molecule has 0 aliphatic heterocycles. The van der Waals surface area contributed by atoms with Gasteiger partial charge in [-0.3, -0.25) is 12.2 Å². The smallest absolute Gasteiger partial charge is 1.00 e. The molecule has 0 saturated carbocycles. The van der Waals surface area contributed by atoms with Crippen LogP contribution in [-0.2, 0) is 26.2 Å². The number of hydrogen-bond donors (Lipinski definition) is 0. The van der Waals surface area contributed by atoms with Crippen molar-refractivity contribution in [3.8, 4) is 0 Å². The Labute approximate surface area is 170 Å². The van der Waals surface area contributed by atoms with Gasteiger partial charge in [0.05, 0.1) is 0 Å². The molecule has 0 amide bonds. The fourth-order valence-corrected chi connectivity index (χ4v) is 2.43. The number of fused-ring (bicyclic) bond motifs is 1. The van der Waals surface area contributed by atoms with E-state index < -0.39 is 0 Å². The molecule has 2 aliphatic carbocycles. The third kappa shape index (κ3) is 5.92. The second-order valence-electron chi connectivity index (χ2n) is 4.79. The quantitative estimate of drug-likeness (QED) is 0.519. The first-order valence-corrected chi connectivity index (χ1v) is 6.90. The van der Waals surface area contributed by atoms with E-state index >= 15 is 0 Å². The maximum atomic E-state index is 3.41. The maximum absolute atomic E-state index is 3.41. The van der Waals surface area contributed by atoms with Gasteiger partial charge in [-0.2, -0.15) is 11.6 Å². The topological polar surface area (TPSA) is 0 Å². The van der Waals surface area contributed by atoms with Gasteiger partial charge in [-0.05, 0) is 0 Å². The summed E-state index contributed by atoms with van der Waals surface area (Å²) in [6.45, 7) is 0. The molecule has 2 aromatic rings. The van der Waals surface area contributed by atoms with Crippen LogP contribution in [0.3, 0.4) is 0 Å². The third-order valence-electron chi connectivity index (χ3n) is 3.43. The molecule has 0 N–H and O–H groups in total. The molecular formula is C20H16Cl2Zr. The van der Waals surface area contributed by atoms with Gasteiger partial charge in [-0.15, -0.1) is 18.1 Å². The Kier molecular flexibility index (Phi) is 11.2. The summed E-state index contributed by atoms with van der Waals surface area (Å²) in [5, 5.41) is 0. The summed E-state index contributed by atoms with van der Waals surface area (Å²) in [4.78, 5) is 0. The molecule has 23 heavy (non-hydrogen) atoms. The summed E-state index contributed by atoms with van der Waals surface area (Å²) in [5.74, 6) is 0.322. The predicted molar refractivity (Wildman–Crippen MR) is 84.0 cm³/mol. The van der Waals surface area contributed by atoms with E-state index in [1.54, 1.807) is 0 Å². The first kappa shape index (κ1) is 22.1. The average molecular weight is 418 g/mol. The van der Waals surface area contributed by atoms with E-state index in [4.69, 9.17) is 0 Å². The summed E-state index contributed by atoms with van der Waals surface area (Å²) in [7, 11) is 0. The molecule has 0 bridgehead atoms. The minimum atomic E-state index is 0. The van der Waals surface area contributed by atoms with Crippen molar-refractivity contribution < 1.29 is 51.0 Å². The van der Waals surface area contributed by atoms with Gasteiger partial charge in [0.1, 0.15) is 0 Å². The van der Waals surface area contributed by atoms with E-state index in [0.717, 1.165) is 6.42 Å². The molecule has 1 atom stereocenters. The van der Waals surface area contributed by atoms with Gasteiger partial charge in [-0.25, -0.2) is 18.2 Å². The van der Waals surface area contributed by atoms with Crippen molar-refractivity contribution in [2.45, 2.75) is 12.3 Å². The molecule has 0 heterocycles. The zero-order valence-corrected chi connectivity index (χ0v) is 16.5. The molecule has 0 fully saturated rings. The fraction of sp³-hybridized carbons (Fsp3) is 0.100. The molecule has 0 saturated heterocycles. The van der Waals surface area contributed by atoms with Crippen molar-refractivity contribution in [2.75, 3.05) is 0 Å². The molecule has 0 radical (unpaired) electrons. The zero-order chi connectivity index (χ0) is 13.6. The minimum Gasteiger partial charge on any atom is -1.00 e. The summed E-state index contributed by atoms with van der Waals surface area (Å²) >= 11 is 0. The van der Waals surface area contributed by atoms with Crippen LogP contribution in [0.4, 0.5) is 0 Å². The third-order valence-corrected chi connectivity index (χ3v) is 3.43. The monoisotopic (exact) mass is 416 g/mol. The van der Waals surface area contributed by atoms with E-state index in [9.17, 15) is 0 Å². The molecule has 0 spiro atoms. The SMILES string of the molecule is [C-]1=CC=CC1.[C-]1=Cc2ccccc2C1c1ccccc1.[Cl-].[Cl-].[Zr+4]. The van der Waals surface area contributed by atoms with Crippen LogP contribution in [0.1, 0.15) is 29.0 Å². The van der Waals surface area contributed by atoms with Gasteiger partial charge >= 0.3 is 26.2 Å². The van der Waals surface area contributed by atoms with E-state index in [2.05, 4.69) is 72.8 Å². The van der Waals surface area contributed by atoms with Crippen LogP contribution in [0.2, 0.25) is 0 Å². The van der Waals surface area contributed by atoms with Crippen LogP contribution in [0.15, 0.2) is 72.8 Å². The molecule has 0 aromatic heterocycles. The molecule has 0 nitrogen and oxygen atoms in total. The van der Waals surface area contributed by atoms with Crippen molar-refractivity contribution in [3.05, 3.63) is 102 Å². The van der Waals surface area contributed by atoms with Crippen molar-refractivity contribution >= 4 is 6.08 Å². The van der Waals surface area contributed by atoms with Crippen LogP contribution in [0.25, 0.3) is 6.08 Å². The van der Waals surface area contributed by atoms with Gasteiger partial charge in [0, 0.05) is 0 Å². The van der Waals surface area contributed by atoms with E-state index in [-0.39, 0.29) is 51.0 Å². The van der Waals surface area contributed by atoms with Crippen molar-refractivity contribution in [1.29, 1.82) is 0 Å². The minimum absolute atomic E-state index is 0. The summed E-state index contributed by atoms with van der Waals surface area (Å²) in [6.07, 6.45) is 15.5. The van der Waals surface area contributed by atoms with Crippen LogP contribution >= 0.6 is 0 Å². The Bertz CT molecular complexity index is 650. The number of rotatable bonds is 1. The standard InChI is InChI=1S/C15H11.C5H5.2ClH.Zr/c1-2-6-12(7-3-1)15-11-10-13-8-4-5-9-14(13)15;1-2-4-5-3-1;;;/h1-10,15H;1-3H,4H2;2*1H;/q2*-1;;;+4/p-2. The largest absolute Gasteiger partial charge is 4.00 e. The molecular weight excluding hydrogens is 402 g/mol. The van der Waals surface area contributed by atoms with E-state index in [0.29, 0.717) is 5.92 Å². The summed E-state index contributed by atoms with van der Waals surface area (Å²) in [6, 6.07) is 19.0. The van der Waals surface area contributed by atoms with Crippen LogP contribution in [0, 0.1) is 12.2 Å². The maximum Gasteiger partial charge on any atom is 4.00 e. The first-order valence-electron chi connectivity index (χ1n) is 6.90. The number of allylic oxidation sites excluding steroid dienone is 5. The van der Waals surface area contributed by atoms with Crippen LogP contribution in [0.5, 0.6) is 0 Å². The van der Waals surface area contributed by atoms with Crippen LogP contribution < -0.4 is 24.8 Å². The molecule has 1 unspecified atom stereocenters. The Morgan fingerprint density at radius 1 is 0.870 bits per heavy atom. The Morgan fingerprint density at radius 2 is 1.57 bits per heavy atom. The van der Waals surface area contributed by atoms with Gasteiger partial charge in [0.2, 0.25) is 0 Å². The van der Waals surface area contributed by atoms with Crippen molar-refractivity contribution in [2.24, 2.45) is 0 Å². The average Bonchev–Trinajstić information content (AvgIpc) is 3.21.